The van der Waals surface area contributed by atoms with E-state index in [9.17, 15) is 9.59 Å². The maximum Gasteiger partial charge on any atom is 0.266 e. The number of para-hydroxylation sites is 1. The minimum Gasteiger partial charge on any atom is -0.454 e. The smallest absolute Gasteiger partial charge is 0.266 e. The third-order valence-corrected chi connectivity index (χ3v) is 6.32. The summed E-state index contributed by atoms with van der Waals surface area (Å²) in [5, 5.41) is 10.9. The maximum absolute atomic E-state index is 12.8. The van der Waals surface area contributed by atoms with Crippen LogP contribution in [0.25, 0.3) is 17.1 Å². The van der Waals surface area contributed by atoms with Crippen LogP contribution < -0.4 is 14.8 Å². The Morgan fingerprint density at radius 3 is 2.97 bits per heavy atom. The minimum atomic E-state index is -0.220. The molecule has 1 saturated heterocycles. The molecule has 0 bridgehead atoms. The zero-order chi connectivity index (χ0) is 22.1. The van der Waals surface area contributed by atoms with Gasteiger partial charge in [0, 0.05) is 13.1 Å². The van der Waals surface area contributed by atoms with Crippen LogP contribution in [0.5, 0.6) is 11.5 Å². The van der Waals surface area contributed by atoms with Gasteiger partial charge in [-0.2, -0.15) is 0 Å². The molecular formula is C21H17N5O4S2. The van der Waals surface area contributed by atoms with Crippen molar-refractivity contribution >= 4 is 57.2 Å². The van der Waals surface area contributed by atoms with E-state index in [1.807, 2.05) is 42.5 Å². The van der Waals surface area contributed by atoms with Crippen LogP contribution >= 0.6 is 24.0 Å². The molecule has 0 radical (unpaired) electrons. The predicted octanol–water partition coefficient (Wildman–Crippen LogP) is 2.18. The van der Waals surface area contributed by atoms with Crippen molar-refractivity contribution in [1.82, 2.24) is 25.2 Å². The summed E-state index contributed by atoms with van der Waals surface area (Å²) in [5.74, 6) is 0.928. The number of carbonyl (C=O) groups excluding carboxylic acids is 2. The summed E-state index contributed by atoms with van der Waals surface area (Å²) < 4.78 is 12.7. The van der Waals surface area contributed by atoms with Gasteiger partial charge in [-0.05, 0) is 35.9 Å². The Kier molecular flexibility index (Phi) is 5.50. The summed E-state index contributed by atoms with van der Waals surface area (Å²) in [6.07, 6.45) is 1.77. The fourth-order valence-electron chi connectivity index (χ4n) is 3.38. The molecule has 2 aromatic carbocycles. The van der Waals surface area contributed by atoms with Gasteiger partial charge in [-0.3, -0.25) is 14.5 Å². The summed E-state index contributed by atoms with van der Waals surface area (Å²) in [4.78, 5) is 27.1. The molecule has 11 heteroatoms. The molecule has 32 heavy (non-hydrogen) atoms. The highest BCUT2D eigenvalue weighted by molar-refractivity contribution is 8.26. The molecule has 0 spiro atoms. The lowest BCUT2D eigenvalue weighted by Gasteiger charge is -2.14. The number of hydrogen-bond acceptors (Lipinski definition) is 8. The van der Waals surface area contributed by atoms with E-state index in [1.165, 1.54) is 16.7 Å². The number of benzene rings is 2. The maximum atomic E-state index is 12.8. The number of hydrogen-bond donors (Lipinski definition) is 1. The number of carbonyl (C=O) groups is 2. The minimum absolute atomic E-state index is 0.0446. The van der Waals surface area contributed by atoms with Gasteiger partial charge in [-0.25, -0.2) is 4.68 Å². The number of fused-ring (bicyclic) bond motifs is 2. The molecule has 162 valence electrons. The van der Waals surface area contributed by atoms with Gasteiger partial charge in [0.1, 0.15) is 16.4 Å². The van der Waals surface area contributed by atoms with Gasteiger partial charge in [0.2, 0.25) is 12.7 Å². The third-order valence-electron chi connectivity index (χ3n) is 4.94. The van der Waals surface area contributed by atoms with Gasteiger partial charge < -0.3 is 14.8 Å². The van der Waals surface area contributed by atoms with E-state index in [4.69, 9.17) is 21.7 Å². The molecule has 0 saturated carbocycles. The van der Waals surface area contributed by atoms with Crippen LogP contribution in [-0.2, 0) is 16.1 Å². The monoisotopic (exact) mass is 467 g/mol. The van der Waals surface area contributed by atoms with Crippen LogP contribution in [0.2, 0.25) is 0 Å². The molecule has 0 atom stereocenters. The molecule has 2 aliphatic rings. The first-order valence-corrected chi connectivity index (χ1v) is 11.0. The second-order valence-electron chi connectivity index (χ2n) is 7.03. The summed E-state index contributed by atoms with van der Waals surface area (Å²) in [5.41, 5.74) is 2.34. The molecule has 1 aromatic heterocycles. The molecule has 2 aliphatic heterocycles. The van der Waals surface area contributed by atoms with Crippen molar-refractivity contribution in [1.29, 1.82) is 0 Å². The molecule has 2 amide bonds. The Balaban J connectivity index is 1.17. The van der Waals surface area contributed by atoms with E-state index in [0.29, 0.717) is 20.7 Å². The van der Waals surface area contributed by atoms with Crippen LogP contribution in [0.15, 0.2) is 47.4 Å². The lowest BCUT2D eigenvalue weighted by atomic mass is 10.2. The van der Waals surface area contributed by atoms with Crippen LogP contribution in [0, 0.1) is 0 Å². The number of amides is 2. The first-order valence-electron chi connectivity index (χ1n) is 9.78. The van der Waals surface area contributed by atoms with Crippen LogP contribution in [-0.4, -0.2) is 55.9 Å². The molecule has 0 unspecified atom stereocenters. The van der Waals surface area contributed by atoms with E-state index in [2.05, 4.69) is 15.6 Å². The van der Waals surface area contributed by atoms with E-state index >= 15 is 0 Å². The average molecular weight is 468 g/mol. The summed E-state index contributed by atoms with van der Waals surface area (Å²) >= 11 is 6.60. The number of thiocarbonyl (C=S) groups is 1. The zero-order valence-corrected chi connectivity index (χ0v) is 18.3. The van der Waals surface area contributed by atoms with Crippen LogP contribution in [0.3, 0.4) is 0 Å². The lowest BCUT2D eigenvalue weighted by Crippen LogP contribution is -2.38. The van der Waals surface area contributed by atoms with Gasteiger partial charge in [-0.1, -0.05) is 47.4 Å². The van der Waals surface area contributed by atoms with Crippen molar-refractivity contribution in [2.45, 2.75) is 6.54 Å². The molecule has 1 fully saturated rings. The standard InChI is InChI=1S/C21H17N5O4S2/c27-19(11-26-15-4-2-1-3-14(15)23-24-26)22-7-8-25-20(28)18(32-21(25)31)10-13-5-6-16-17(9-13)30-12-29-16/h1-6,9-10H,7-8,11-12H2,(H,22,27)/b18-10+. The van der Waals surface area contributed by atoms with Crippen molar-refractivity contribution in [3.63, 3.8) is 0 Å². The Morgan fingerprint density at radius 2 is 2.06 bits per heavy atom. The second kappa shape index (κ2) is 8.60. The highest BCUT2D eigenvalue weighted by atomic mass is 32.2. The van der Waals surface area contributed by atoms with Gasteiger partial charge in [-0.15, -0.1) is 5.10 Å². The first kappa shape index (κ1) is 20.5. The van der Waals surface area contributed by atoms with Gasteiger partial charge in [0.05, 0.1) is 10.4 Å². The van der Waals surface area contributed by atoms with Crippen LogP contribution in [0.1, 0.15) is 5.56 Å². The first-order chi connectivity index (χ1) is 15.6. The average Bonchev–Trinajstić information content (AvgIpc) is 3.48. The number of nitrogens with one attached hydrogen (secondary N) is 1. The van der Waals surface area contributed by atoms with Crippen molar-refractivity contribution in [3.05, 3.63) is 52.9 Å². The van der Waals surface area contributed by atoms with Gasteiger partial charge >= 0.3 is 0 Å². The van der Waals surface area contributed by atoms with Crippen molar-refractivity contribution in [2.24, 2.45) is 0 Å². The lowest BCUT2D eigenvalue weighted by molar-refractivity contribution is -0.124. The van der Waals surface area contributed by atoms with Crippen molar-refractivity contribution in [2.75, 3.05) is 19.9 Å². The van der Waals surface area contributed by atoms with Crippen molar-refractivity contribution in [3.8, 4) is 11.5 Å². The quantitative estimate of drug-likeness (QED) is 0.435. The number of nitrogens with zero attached hydrogens (tertiary/aromatic N) is 4. The van der Waals surface area contributed by atoms with E-state index in [0.717, 1.165) is 16.6 Å². The zero-order valence-electron chi connectivity index (χ0n) is 16.7. The summed E-state index contributed by atoms with van der Waals surface area (Å²) in [7, 11) is 0. The summed E-state index contributed by atoms with van der Waals surface area (Å²) in [6, 6.07) is 12.9. The third kappa shape index (κ3) is 4.04. The molecule has 3 heterocycles. The fraction of sp³-hybridized carbons (Fsp3) is 0.190. The van der Waals surface area contributed by atoms with Gasteiger partial charge in [0.25, 0.3) is 5.91 Å². The Hall–Kier alpha value is -3.44. The predicted molar refractivity (Wildman–Crippen MR) is 123 cm³/mol. The van der Waals surface area contributed by atoms with Crippen molar-refractivity contribution < 1.29 is 19.1 Å². The number of rotatable bonds is 6. The van der Waals surface area contributed by atoms with E-state index < -0.39 is 0 Å². The molecule has 1 N–H and O–H groups in total. The molecule has 9 nitrogen and oxygen atoms in total. The highest BCUT2D eigenvalue weighted by Crippen LogP contribution is 2.36. The van der Waals surface area contributed by atoms with Gasteiger partial charge in [0.15, 0.2) is 11.5 Å². The van der Waals surface area contributed by atoms with E-state index in [1.54, 1.807) is 10.8 Å². The number of ether oxygens (including phenoxy) is 2. The Labute approximate surface area is 192 Å². The van der Waals surface area contributed by atoms with Crippen LogP contribution in [0.4, 0.5) is 0 Å². The number of thioether (sulfide) groups is 1. The topological polar surface area (TPSA) is 98.6 Å². The number of aromatic nitrogens is 3. The molecule has 3 aromatic rings. The summed E-state index contributed by atoms with van der Waals surface area (Å²) in [6.45, 7) is 0.797. The SMILES string of the molecule is O=C(Cn1nnc2ccccc21)NCCN1C(=O)/C(=C\c2ccc3c(c2)OCO3)SC1=S. The molecule has 0 aliphatic carbocycles. The largest absolute Gasteiger partial charge is 0.454 e. The normalized spacial score (nSPS) is 16.4. The molecule has 5 rings (SSSR count). The Bertz CT molecular complexity index is 1270. The Morgan fingerprint density at radius 1 is 1.22 bits per heavy atom. The second-order valence-corrected chi connectivity index (χ2v) is 8.71. The van der Waals surface area contributed by atoms with E-state index in [-0.39, 0.29) is 38.2 Å². The molecular weight excluding hydrogens is 450 g/mol. The highest BCUT2D eigenvalue weighted by Gasteiger charge is 2.31. The fourth-order valence-corrected chi connectivity index (χ4v) is 4.69.